The number of amides is 2. The van der Waals surface area contributed by atoms with Gasteiger partial charge in [-0.05, 0) is 27.2 Å². The summed E-state index contributed by atoms with van der Waals surface area (Å²) in [5, 5.41) is 8.66. The number of aliphatic carboxylic acids is 1. The molecule has 1 atom stereocenters. The van der Waals surface area contributed by atoms with Gasteiger partial charge >= 0.3 is 5.97 Å². The highest BCUT2D eigenvalue weighted by Crippen LogP contribution is 2.21. The van der Waals surface area contributed by atoms with Crippen LogP contribution in [0.1, 0.15) is 40.0 Å². The van der Waals surface area contributed by atoms with Crippen molar-refractivity contribution in [2.75, 3.05) is 19.6 Å². The zero-order valence-corrected chi connectivity index (χ0v) is 12.5. The van der Waals surface area contributed by atoms with Crippen molar-refractivity contribution in [1.82, 2.24) is 9.80 Å². The molecule has 0 aromatic heterocycles. The standard InChI is InChI=1S/C14H24N2O4/c1-4-15-9-11(8-12(15)17)14(20)16(10(2)3)7-5-6-13(18)19/h10-11H,4-9H2,1-3H3,(H,18,19). The Bertz CT molecular complexity index is 381. The molecule has 0 radical (unpaired) electrons. The van der Waals surface area contributed by atoms with Gasteiger partial charge in [0, 0.05) is 38.5 Å². The molecule has 114 valence electrons. The van der Waals surface area contributed by atoms with E-state index in [-0.39, 0.29) is 36.6 Å². The minimum atomic E-state index is -0.852. The number of likely N-dealkylation sites (tertiary alicyclic amines) is 1. The van der Waals surface area contributed by atoms with Gasteiger partial charge in [0.15, 0.2) is 0 Å². The highest BCUT2D eigenvalue weighted by Gasteiger charge is 2.36. The second-order valence-corrected chi connectivity index (χ2v) is 5.46. The number of carboxylic acid groups (broad SMARTS) is 1. The first-order chi connectivity index (χ1) is 9.36. The monoisotopic (exact) mass is 284 g/mol. The molecule has 2 amide bonds. The molecule has 6 heteroatoms. The maximum atomic E-state index is 12.5. The molecule has 1 N–H and O–H groups in total. The Morgan fingerprint density at radius 3 is 2.55 bits per heavy atom. The molecule has 1 fully saturated rings. The van der Waals surface area contributed by atoms with Crippen LogP contribution in [0.2, 0.25) is 0 Å². The van der Waals surface area contributed by atoms with Gasteiger partial charge in [-0.15, -0.1) is 0 Å². The first-order valence-electron chi connectivity index (χ1n) is 7.16. The molecule has 6 nitrogen and oxygen atoms in total. The van der Waals surface area contributed by atoms with E-state index in [0.717, 1.165) is 0 Å². The van der Waals surface area contributed by atoms with Crippen LogP contribution in [0.4, 0.5) is 0 Å². The fraction of sp³-hybridized carbons (Fsp3) is 0.786. The first kappa shape index (κ1) is 16.5. The maximum absolute atomic E-state index is 12.5. The van der Waals surface area contributed by atoms with Crippen LogP contribution in [0.15, 0.2) is 0 Å². The fourth-order valence-corrected chi connectivity index (χ4v) is 2.50. The molecule has 1 unspecified atom stereocenters. The minimum absolute atomic E-state index is 0.0158. The van der Waals surface area contributed by atoms with Gasteiger partial charge in [-0.3, -0.25) is 14.4 Å². The predicted molar refractivity (Wildman–Crippen MR) is 74.1 cm³/mol. The molecule has 0 spiro atoms. The molecule has 0 bridgehead atoms. The molecule has 0 aromatic rings. The summed E-state index contributed by atoms with van der Waals surface area (Å²) in [6.45, 7) is 7.26. The summed E-state index contributed by atoms with van der Waals surface area (Å²) < 4.78 is 0. The number of rotatable bonds is 7. The van der Waals surface area contributed by atoms with Gasteiger partial charge in [0.1, 0.15) is 0 Å². The lowest BCUT2D eigenvalue weighted by Gasteiger charge is -2.29. The van der Waals surface area contributed by atoms with E-state index in [1.807, 2.05) is 20.8 Å². The SMILES string of the molecule is CCN1CC(C(=O)N(CCCC(=O)O)C(C)C)CC1=O. The zero-order valence-electron chi connectivity index (χ0n) is 12.5. The molecule has 1 aliphatic heterocycles. The fourth-order valence-electron chi connectivity index (χ4n) is 2.50. The van der Waals surface area contributed by atoms with E-state index in [9.17, 15) is 14.4 Å². The maximum Gasteiger partial charge on any atom is 0.303 e. The van der Waals surface area contributed by atoms with Crippen LogP contribution in [0.5, 0.6) is 0 Å². The third kappa shape index (κ3) is 4.21. The van der Waals surface area contributed by atoms with Gasteiger partial charge in [-0.1, -0.05) is 0 Å². The predicted octanol–water partition coefficient (Wildman–Crippen LogP) is 0.957. The summed E-state index contributed by atoms with van der Waals surface area (Å²) in [4.78, 5) is 38.1. The van der Waals surface area contributed by atoms with E-state index in [4.69, 9.17) is 5.11 Å². The van der Waals surface area contributed by atoms with Gasteiger partial charge in [0.05, 0.1) is 5.92 Å². The smallest absolute Gasteiger partial charge is 0.303 e. The summed E-state index contributed by atoms with van der Waals surface area (Å²) in [6, 6.07) is 0.0158. The van der Waals surface area contributed by atoms with E-state index in [0.29, 0.717) is 26.1 Å². The van der Waals surface area contributed by atoms with Crippen LogP contribution < -0.4 is 0 Å². The number of carbonyl (C=O) groups is 3. The van der Waals surface area contributed by atoms with E-state index in [2.05, 4.69) is 0 Å². The molecule has 20 heavy (non-hydrogen) atoms. The molecule has 0 aromatic carbocycles. The Kier molecular flexibility index (Phi) is 5.98. The Morgan fingerprint density at radius 2 is 2.10 bits per heavy atom. The van der Waals surface area contributed by atoms with Gasteiger partial charge in [-0.25, -0.2) is 0 Å². The van der Waals surface area contributed by atoms with Crippen LogP contribution in [0.3, 0.4) is 0 Å². The molecular formula is C14H24N2O4. The minimum Gasteiger partial charge on any atom is -0.481 e. The van der Waals surface area contributed by atoms with E-state index >= 15 is 0 Å². The number of carbonyl (C=O) groups excluding carboxylic acids is 2. The van der Waals surface area contributed by atoms with Crippen molar-refractivity contribution < 1.29 is 19.5 Å². The average Bonchev–Trinajstić information content (AvgIpc) is 2.74. The van der Waals surface area contributed by atoms with Crippen LogP contribution in [-0.4, -0.2) is 58.4 Å². The summed E-state index contributed by atoms with van der Waals surface area (Å²) in [5.74, 6) is -1.14. The Balaban J connectivity index is 2.60. The second kappa shape index (κ2) is 7.26. The molecule has 1 heterocycles. The molecule has 1 saturated heterocycles. The third-order valence-electron chi connectivity index (χ3n) is 3.64. The Labute approximate surface area is 119 Å². The highest BCUT2D eigenvalue weighted by atomic mass is 16.4. The van der Waals surface area contributed by atoms with Crippen molar-refractivity contribution in [3.63, 3.8) is 0 Å². The van der Waals surface area contributed by atoms with E-state index < -0.39 is 5.97 Å². The zero-order chi connectivity index (χ0) is 15.3. The Morgan fingerprint density at radius 1 is 1.45 bits per heavy atom. The number of carboxylic acids is 1. The van der Waals surface area contributed by atoms with Crippen LogP contribution in [0.25, 0.3) is 0 Å². The van der Waals surface area contributed by atoms with Crippen molar-refractivity contribution in [3.8, 4) is 0 Å². The topological polar surface area (TPSA) is 77.9 Å². The summed E-state index contributed by atoms with van der Waals surface area (Å²) in [6.07, 6.45) is 0.771. The van der Waals surface area contributed by atoms with Gasteiger partial charge in [-0.2, -0.15) is 0 Å². The van der Waals surface area contributed by atoms with Crippen molar-refractivity contribution in [2.45, 2.75) is 46.1 Å². The normalized spacial score (nSPS) is 18.7. The van der Waals surface area contributed by atoms with Crippen molar-refractivity contribution in [3.05, 3.63) is 0 Å². The largest absolute Gasteiger partial charge is 0.481 e. The molecule has 1 rings (SSSR count). The number of nitrogens with zero attached hydrogens (tertiary/aromatic N) is 2. The van der Waals surface area contributed by atoms with Crippen LogP contribution in [0, 0.1) is 5.92 Å². The van der Waals surface area contributed by atoms with Crippen LogP contribution in [-0.2, 0) is 14.4 Å². The van der Waals surface area contributed by atoms with Crippen molar-refractivity contribution >= 4 is 17.8 Å². The van der Waals surface area contributed by atoms with Crippen molar-refractivity contribution in [1.29, 1.82) is 0 Å². The molecule has 0 saturated carbocycles. The van der Waals surface area contributed by atoms with Gasteiger partial charge in [0.25, 0.3) is 0 Å². The van der Waals surface area contributed by atoms with E-state index in [1.54, 1.807) is 9.80 Å². The first-order valence-corrected chi connectivity index (χ1v) is 7.16. The van der Waals surface area contributed by atoms with Gasteiger partial charge in [0.2, 0.25) is 11.8 Å². The summed E-state index contributed by atoms with van der Waals surface area (Å²) in [7, 11) is 0. The lowest BCUT2D eigenvalue weighted by molar-refractivity contribution is -0.140. The third-order valence-corrected chi connectivity index (χ3v) is 3.64. The number of hydrogen-bond donors (Lipinski definition) is 1. The van der Waals surface area contributed by atoms with Crippen molar-refractivity contribution in [2.24, 2.45) is 5.92 Å². The second-order valence-electron chi connectivity index (χ2n) is 5.46. The van der Waals surface area contributed by atoms with Gasteiger partial charge < -0.3 is 14.9 Å². The summed E-state index contributed by atoms with van der Waals surface area (Å²) in [5.41, 5.74) is 0. The molecule has 1 aliphatic rings. The summed E-state index contributed by atoms with van der Waals surface area (Å²) >= 11 is 0. The molecule has 0 aliphatic carbocycles. The lowest BCUT2D eigenvalue weighted by Crippen LogP contribution is -2.42. The Hall–Kier alpha value is -1.59. The lowest BCUT2D eigenvalue weighted by atomic mass is 10.1. The van der Waals surface area contributed by atoms with E-state index in [1.165, 1.54) is 0 Å². The number of hydrogen-bond acceptors (Lipinski definition) is 3. The quantitative estimate of drug-likeness (QED) is 0.755. The highest BCUT2D eigenvalue weighted by molar-refractivity contribution is 5.89. The van der Waals surface area contributed by atoms with Crippen LogP contribution >= 0.6 is 0 Å². The molecular weight excluding hydrogens is 260 g/mol. The average molecular weight is 284 g/mol.